The molecule has 0 bridgehead atoms. The molecule has 0 aromatic carbocycles. The molecule has 1 rings (SSSR count). The molecule has 3 unspecified atom stereocenters. The summed E-state index contributed by atoms with van der Waals surface area (Å²) < 4.78 is 5.26. The van der Waals surface area contributed by atoms with Crippen molar-refractivity contribution in [2.75, 3.05) is 20.3 Å². The molecule has 1 heterocycles. The molecule has 2 amide bonds. The summed E-state index contributed by atoms with van der Waals surface area (Å²) >= 11 is 0. The standard InChI is InChI=1S/C12H23N3O3/c1-7(2)14-11(16)8(3)15-12(17)9-5-18-6-10(9)13-4/h7-10,13H,5-6H2,1-4H3,(H,14,16)(H,15,17). The van der Waals surface area contributed by atoms with Gasteiger partial charge in [-0.25, -0.2) is 0 Å². The summed E-state index contributed by atoms with van der Waals surface area (Å²) in [5.74, 6) is -0.541. The van der Waals surface area contributed by atoms with Crippen molar-refractivity contribution in [1.29, 1.82) is 0 Å². The van der Waals surface area contributed by atoms with Crippen LogP contribution < -0.4 is 16.0 Å². The van der Waals surface area contributed by atoms with E-state index in [4.69, 9.17) is 4.74 Å². The summed E-state index contributed by atoms with van der Waals surface area (Å²) in [6, 6.07) is -0.444. The fourth-order valence-electron chi connectivity index (χ4n) is 1.89. The summed E-state index contributed by atoms with van der Waals surface area (Å²) in [6.45, 7) is 6.37. The van der Waals surface area contributed by atoms with E-state index in [2.05, 4.69) is 16.0 Å². The van der Waals surface area contributed by atoms with Gasteiger partial charge in [0.2, 0.25) is 11.8 Å². The Labute approximate surface area is 108 Å². The zero-order chi connectivity index (χ0) is 13.7. The van der Waals surface area contributed by atoms with Crippen molar-refractivity contribution in [2.45, 2.75) is 38.9 Å². The molecular weight excluding hydrogens is 234 g/mol. The van der Waals surface area contributed by atoms with Gasteiger partial charge in [0.1, 0.15) is 6.04 Å². The third-order valence-corrected chi connectivity index (χ3v) is 2.97. The largest absolute Gasteiger partial charge is 0.379 e. The predicted octanol–water partition coefficient (Wildman–Crippen LogP) is -0.750. The average Bonchev–Trinajstić information content (AvgIpc) is 2.75. The third-order valence-electron chi connectivity index (χ3n) is 2.97. The molecule has 104 valence electrons. The first-order chi connectivity index (χ1) is 8.45. The van der Waals surface area contributed by atoms with E-state index in [1.54, 1.807) is 14.0 Å². The van der Waals surface area contributed by atoms with Crippen LogP contribution in [0.3, 0.4) is 0 Å². The van der Waals surface area contributed by atoms with Gasteiger partial charge >= 0.3 is 0 Å². The zero-order valence-corrected chi connectivity index (χ0v) is 11.4. The average molecular weight is 257 g/mol. The van der Waals surface area contributed by atoms with Gasteiger partial charge in [-0.05, 0) is 27.8 Å². The molecule has 18 heavy (non-hydrogen) atoms. The predicted molar refractivity (Wildman–Crippen MR) is 68.0 cm³/mol. The lowest BCUT2D eigenvalue weighted by molar-refractivity contribution is -0.131. The maximum absolute atomic E-state index is 12.0. The molecule has 0 spiro atoms. The Balaban J connectivity index is 2.46. The highest BCUT2D eigenvalue weighted by Gasteiger charge is 2.34. The lowest BCUT2D eigenvalue weighted by Crippen LogP contribution is -2.51. The molecule has 3 N–H and O–H groups in total. The molecule has 0 aliphatic carbocycles. The van der Waals surface area contributed by atoms with Crippen LogP contribution >= 0.6 is 0 Å². The molecular formula is C12H23N3O3. The quantitative estimate of drug-likeness (QED) is 0.605. The van der Waals surface area contributed by atoms with Crippen LogP contribution in [0.15, 0.2) is 0 Å². The molecule has 0 aromatic heterocycles. The number of rotatable bonds is 5. The number of hydrogen-bond donors (Lipinski definition) is 3. The first kappa shape index (κ1) is 14.9. The van der Waals surface area contributed by atoms with Crippen LogP contribution in [0.2, 0.25) is 0 Å². The van der Waals surface area contributed by atoms with E-state index in [1.807, 2.05) is 13.8 Å². The van der Waals surface area contributed by atoms with Gasteiger partial charge in [-0.1, -0.05) is 0 Å². The zero-order valence-electron chi connectivity index (χ0n) is 11.4. The Kier molecular flexibility index (Phi) is 5.55. The van der Waals surface area contributed by atoms with Gasteiger partial charge < -0.3 is 20.7 Å². The minimum absolute atomic E-state index is 0.0189. The number of carbonyl (C=O) groups excluding carboxylic acids is 2. The maximum atomic E-state index is 12.0. The highest BCUT2D eigenvalue weighted by atomic mass is 16.5. The van der Waals surface area contributed by atoms with Crippen LogP contribution in [0.1, 0.15) is 20.8 Å². The van der Waals surface area contributed by atoms with Crippen molar-refractivity contribution in [3.8, 4) is 0 Å². The van der Waals surface area contributed by atoms with Gasteiger partial charge in [0.05, 0.1) is 19.1 Å². The molecule has 1 aliphatic heterocycles. The van der Waals surface area contributed by atoms with Crippen molar-refractivity contribution in [3.63, 3.8) is 0 Å². The van der Waals surface area contributed by atoms with Gasteiger partial charge in [-0.3, -0.25) is 9.59 Å². The Hall–Kier alpha value is -1.14. The van der Waals surface area contributed by atoms with Crippen LogP contribution in [0, 0.1) is 5.92 Å². The first-order valence-electron chi connectivity index (χ1n) is 6.31. The normalized spacial score (nSPS) is 24.9. The number of ether oxygens (including phenoxy) is 1. The number of likely N-dealkylation sites (N-methyl/N-ethyl adjacent to an activating group) is 1. The number of amides is 2. The van der Waals surface area contributed by atoms with Gasteiger partial charge in [0.15, 0.2) is 0 Å². The Morgan fingerprint density at radius 2 is 1.83 bits per heavy atom. The summed E-state index contributed by atoms with van der Waals surface area (Å²) in [5, 5.41) is 8.53. The van der Waals surface area contributed by atoms with Crippen LogP contribution in [0.5, 0.6) is 0 Å². The minimum atomic E-state index is -0.530. The minimum Gasteiger partial charge on any atom is -0.379 e. The summed E-state index contributed by atoms with van der Waals surface area (Å²) in [6.07, 6.45) is 0. The van der Waals surface area contributed by atoms with Crippen molar-refractivity contribution in [2.24, 2.45) is 5.92 Å². The topological polar surface area (TPSA) is 79.5 Å². The van der Waals surface area contributed by atoms with Gasteiger partial charge in [0, 0.05) is 12.1 Å². The van der Waals surface area contributed by atoms with Crippen LogP contribution in [0.25, 0.3) is 0 Å². The van der Waals surface area contributed by atoms with Crippen LogP contribution in [-0.2, 0) is 14.3 Å². The number of carbonyl (C=O) groups is 2. The maximum Gasteiger partial charge on any atom is 0.242 e. The molecule has 6 heteroatoms. The van der Waals surface area contributed by atoms with Gasteiger partial charge in [-0.2, -0.15) is 0 Å². The van der Waals surface area contributed by atoms with Gasteiger partial charge in [-0.15, -0.1) is 0 Å². The van der Waals surface area contributed by atoms with E-state index in [0.29, 0.717) is 13.2 Å². The Morgan fingerprint density at radius 3 is 2.39 bits per heavy atom. The SMILES string of the molecule is CNC1COCC1C(=O)NC(C)C(=O)NC(C)C. The second kappa shape index (κ2) is 6.70. The molecule has 1 aliphatic rings. The highest BCUT2D eigenvalue weighted by Crippen LogP contribution is 2.13. The van der Waals surface area contributed by atoms with Crippen LogP contribution in [-0.4, -0.2) is 50.2 Å². The lowest BCUT2D eigenvalue weighted by atomic mass is 10.0. The first-order valence-corrected chi connectivity index (χ1v) is 6.31. The fourth-order valence-corrected chi connectivity index (χ4v) is 1.89. The van der Waals surface area contributed by atoms with Crippen molar-refractivity contribution < 1.29 is 14.3 Å². The van der Waals surface area contributed by atoms with Gasteiger partial charge in [0.25, 0.3) is 0 Å². The molecule has 3 atom stereocenters. The summed E-state index contributed by atoms with van der Waals surface area (Å²) in [7, 11) is 1.80. The van der Waals surface area contributed by atoms with E-state index in [0.717, 1.165) is 0 Å². The van der Waals surface area contributed by atoms with Crippen molar-refractivity contribution >= 4 is 11.8 Å². The Bertz CT molecular complexity index is 307. The second-order valence-corrected chi connectivity index (χ2v) is 4.93. The molecule has 0 aromatic rings. The highest BCUT2D eigenvalue weighted by molar-refractivity contribution is 5.88. The van der Waals surface area contributed by atoms with Crippen LogP contribution in [0.4, 0.5) is 0 Å². The third kappa shape index (κ3) is 3.96. The van der Waals surface area contributed by atoms with Crippen molar-refractivity contribution in [3.05, 3.63) is 0 Å². The van der Waals surface area contributed by atoms with E-state index in [-0.39, 0.29) is 29.8 Å². The fraction of sp³-hybridized carbons (Fsp3) is 0.833. The van der Waals surface area contributed by atoms with E-state index in [9.17, 15) is 9.59 Å². The Morgan fingerprint density at radius 1 is 1.17 bits per heavy atom. The summed E-state index contributed by atoms with van der Waals surface area (Å²) in [5.41, 5.74) is 0. The van der Waals surface area contributed by atoms with E-state index < -0.39 is 6.04 Å². The number of hydrogen-bond acceptors (Lipinski definition) is 4. The smallest absolute Gasteiger partial charge is 0.242 e. The van der Waals surface area contributed by atoms with E-state index in [1.165, 1.54) is 0 Å². The summed E-state index contributed by atoms with van der Waals surface area (Å²) in [4.78, 5) is 23.7. The second-order valence-electron chi connectivity index (χ2n) is 4.93. The monoisotopic (exact) mass is 257 g/mol. The molecule has 6 nitrogen and oxygen atoms in total. The molecule has 0 saturated carbocycles. The van der Waals surface area contributed by atoms with Crippen molar-refractivity contribution in [1.82, 2.24) is 16.0 Å². The number of nitrogens with one attached hydrogen (secondary N) is 3. The lowest BCUT2D eigenvalue weighted by Gasteiger charge is -2.20. The molecule has 1 saturated heterocycles. The van der Waals surface area contributed by atoms with E-state index >= 15 is 0 Å². The molecule has 1 fully saturated rings. The molecule has 0 radical (unpaired) electrons.